The number of hydrogen-bond donors (Lipinski definition) is 2. The van der Waals surface area contributed by atoms with Gasteiger partial charge in [0.15, 0.2) is 0 Å². The number of hydrogen-bond acceptors (Lipinski definition) is 4. The second kappa shape index (κ2) is 8.86. The molecule has 0 aliphatic heterocycles. The van der Waals surface area contributed by atoms with Crippen LogP contribution in [-0.4, -0.2) is 27.4 Å². The zero-order chi connectivity index (χ0) is 22.7. The number of carbonyl (C=O) groups is 2. The number of benzene rings is 2. The lowest BCUT2D eigenvalue weighted by molar-refractivity contribution is 0.0635. The van der Waals surface area contributed by atoms with Crippen molar-refractivity contribution in [2.45, 2.75) is 52.2 Å². The van der Waals surface area contributed by atoms with Crippen molar-refractivity contribution in [3.05, 3.63) is 77.1 Å². The number of aromatic nitrogens is 2. The summed E-state index contributed by atoms with van der Waals surface area (Å²) in [7, 11) is 0. The lowest BCUT2D eigenvalue weighted by Crippen LogP contribution is -2.27. The molecule has 0 radical (unpaired) electrons. The number of nitrogens with zero attached hydrogens (tertiary/aromatic N) is 2. The Balaban J connectivity index is 1.44. The van der Waals surface area contributed by atoms with Gasteiger partial charge >= 0.3 is 6.09 Å². The van der Waals surface area contributed by atoms with Crippen LogP contribution in [0, 0.1) is 0 Å². The first-order valence-electron chi connectivity index (χ1n) is 10.8. The van der Waals surface area contributed by atoms with E-state index in [-0.39, 0.29) is 5.91 Å². The molecule has 7 heteroatoms. The molecule has 166 valence electrons. The van der Waals surface area contributed by atoms with Crippen LogP contribution in [0.3, 0.4) is 0 Å². The number of para-hydroxylation sites is 1. The van der Waals surface area contributed by atoms with Gasteiger partial charge in [0.2, 0.25) is 0 Å². The highest BCUT2D eigenvalue weighted by Gasteiger charge is 2.23. The summed E-state index contributed by atoms with van der Waals surface area (Å²) in [6, 6.07) is 16.8. The number of ether oxygens (including phenoxy) is 1. The van der Waals surface area contributed by atoms with E-state index in [1.165, 1.54) is 11.3 Å². The van der Waals surface area contributed by atoms with Gasteiger partial charge in [-0.15, -0.1) is 0 Å². The standard InChI is InChI=1S/C25H28N4O3/c1-25(2,3)32-24(31)27-18-10-7-9-17(15-18)23(30)26-16-21-20-13-8-14-22(20)29(28-21)19-11-5-4-6-12-19/h4-7,9-12,15H,8,13-14,16H2,1-3H3,(H,26,30)(H,27,31). The average molecular weight is 433 g/mol. The van der Waals surface area contributed by atoms with Crippen molar-refractivity contribution in [1.29, 1.82) is 0 Å². The summed E-state index contributed by atoms with van der Waals surface area (Å²) in [5, 5.41) is 10.4. The molecule has 7 nitrogen and oxygen atoms in total. The zero-order valence-electron chi connectivity index (χ0n) is 18.6. The van der Waals surface area contributed by atoms with Gasteiger partial charge in [-0.2, -0.15) is 5.10 Å². The summed E-state index contributed by atoms with van der Waals surface area (Å²) < 4.78 is 7.26. The minimum absolute atomic E-state index is 0.223. The highest BCUT2D eigenvalue weighted by molar-refractivity contribution is 5.96. The van der Waals surface area contributed by atoms with Crippen molar-refractivity contribution in [3.8, 4) is 5.69 Å². The van der Waals surface area contributed by atoms with E-state index in [1.54, 1.807) is 45.0 Å². The Morgan fingerprint density at radius 3 is 2.59 bits per heavy atom. The van der Waals surface area contributed by atoms with Crippen molar-refractivity contribution in [2.24, 2.45) is 0 Å². The Kier molecular flexibility index (Phi) is 5.99. The number of carbonyl (C=O) groups excluding carboxylic acids is 2. The van der Waals surface area contributed by atoms with Crippen molar-refractivity contribution in [3.63, 3.8) is 0 Å². The Hall–Kier alpha value is -3.61. The Morgan fingerprint density at radius 1 is 1.06 bits per heavy atom. The monoisotopic (exact) mass is 432 g/mol. The van der Waals surface area contributed by atoms with Crippen LogP contribution in [0.5, 0.6) is 0 Å². The molecule has 2 N–H and O–H groups in total. The van der Waals surface area contributed by atoms with Crippen LogP contribution in [0.15, 0.2) is 54.6 Å². The molecule has 0 saturated carbocycles. The third kappa shape index (κ3) is 4.99. The van der Waals surface area contributed by atoms with E-state index in [0.717, 1.165) is 30.6 Å². The fourth-order valence-electron chi connectivity index (χ4n) is 3.86. The summed E-state index contributed by atoms with van der Waals surface area (Å²) in [6.07, 6.45) is 2.50. The summed E-state index contributed by atoms with van der Waals surface area (Å²) in [5.41, 5.74) is 4.75. The molecule has 0 fully saturated rings. The Bertz CT molecular complexity index is 1130. The first kappa shape index (κ1) is 21.6. The van der Waals surface area contributed by atoms with Gasteiger partial charge in [-0.25, -0.2) is 9.48 Å². The van der Waals surface area contributed by atoms with Gasteiger partial charge in [0.25, 0.3) is 5.91 Å². The zero-order valence-corrected chi connectivity index (χ0v) is 18.6. The number of fused-ring (bicyclic) bond motifs is 1. The van der Waals surface area contributed by atoms with Gasteiger partial charge in [0.05, 0.1) is 17.9 Å². The fraction of sp³-hybridized carbons (Fsp3) is 0.320. The van der Waals surface area contributed by atoms with Gasteiger partial charge in [-0.05, 0) is 75.9 Å². The molecule has 1 aliphatic carbocycles. The first-order valence-corrected chi connectivity index (χ1v) is 10.8. The third-order valence-corrected chi connectivity index (χ3v) is 5.20. The van der Waals surface area contributed by atoms with E-state index >= 15 is 0 Å². The van der Waals surface area contributed by atoms with E-state index in [4.69, 9.17) is 9.84 Å². The van der Waals surface area contributed by atoms with Gasteiger partial charge in [0, 0.05) is 16.9 Å². The predicted octanol–water partition coefficient (Wildman–Crippen LogP) is 4.64. The molecular weight excluding hydrogens is 404 g/mol. The minimum atomic E-state index is -0.595. The van der Waals surface area contributed by atoms with Gasteiger partial charge in [0.1, 0.15) is 5.60 Å². The smallest absolute Gasteiger partial charge is 0.412 e. The maximum Gasteiger partial charge on any atom is 0.412 e. The second-order valence-electron chi connectivity index (χ2n) is 8.86. The van der Waals surface area contributed by atoms with E-state index < -0.39 is 11.7 Å². The second-order valence-corrected chi connectivity index (χ2v) is 8.86. The van der Waals surface area contributed by atoms with Crippen LogP contribution in [0.1, 0.15) is 54.5 Å². The minimum Gasteiger partial charge on any atom is -0.444 e. The van der Waals surface area contributed by atoms with Crippen molar-refractivity contribution in [1.82, 2.24) is 15.1 Å². The normalized spacial score (nSPS) is 12.8. The van der Waals surface area contributed by atoms with Crippen molar-refractivity contribution < 1.29 is 14.3 Å². The Morgan fingerprint density at radius 2 is 1.84 bits per heavy atom. The average Bonchev–Trinajstić information content (AvgIpc) is 3.34. The predicted molar refractivity (Wildman–Crippen MR) is 123 cm³/mol. The van der Waals surface area contributed by atoms with E-state index in [0.29, 0.717) is 17.8 Å². The topological polar surface area (TPSA) is 85.2 Å². The molecule has 1 heterocycles. The lowest BCUT2D eigenvalue weighted by Gasteiger charge is -2.19. The van der Waals surface area contributed by atoms with Gasteiger partial charge in [-0.3, -0.25) is 10.1 Å². The summed E-state index contributed by atoms with van der Waals surface area (Å²) in [4.78, 5) is 24.8. The number of nitrogens with one attached hydrogen (secondary N) is 2. The van der Waals surface area contributed by atoms with Crippen molar-refractivity contribution in [2.75, 3.05) is 5.32 Å². The third-order valence-electron chi connectivity index (χ3n) is 5.20. The summed E-state index contributed by atoms with van der Waals surface area (Å²) in [6.45, 7) is 5.75. The maximum atomic E-state index is 12.8. The molecule has 3 aromatic rings. The number of anilines is 1. The highest BCUT2D eigenvalue weighted by Crippen LogP contribution is 2.27. The molecule has 32 heavy (non-hydrogen) atoms. The van der Waals surface area contributed by atoms with Crippen LogP contribution < -0.4 is 10.6 Å². The molecule has 1 aliphatic rings. The molecule has 4 rings (SSSR count). The van der Waals surface area contributed by atoms with Crippen LogP contribution >= 0.6 is 0 Å². The van der Waals surface area contributed by atoms with E-state index in [1.807, 2.05) is 35.0 Å². The molecule has 1 aromatic heterocycles. The quantitative estimate of drug-likeness (QED) is 0.615. The summed E-state index contributed by atoms with van der Waals surface area (Å²) >= 11 is 0. The van der Waals surface area contributed by atoms with Crippen LogP contribution in [0.2, 0.25) is 0 Å². The van der Waals surface area contributed by atoms with Crippen LogP contribution in [-0.2, 0) is 24.1 Å². The van der Waals surface area contributed by atoms with E-state index in [9.17, 15) is 9.59 Å². The molecule has 0 saturated heterocycles. The largest absolute Gasteiger partial charge is 0.444 e. The molecule has 0 atom stereocenters. The van der Waals surface area contributed by atoms with Crippen LogP contribution in [0.4, 0.5) is 10.5 Å². The van der Waals surface area contributed by atoms with Crippen LogP contribution in [0.25, 0.3) is 5.69 Å². The fourth-order valence-corrected chi connectivity index (χ4v) is 3.86. The maximum absolute atomic E-state index is 12.8. The van der Waals surface area contributed by atoms with Crippen molar-refractivity contribution >= 4 is 17.7 Å². The van der Waals surface area contributed by atoms with E-state index in [2.05, 4.69) is 10.6 Å². The lowest BCUT2D eigenvalue weighted by atomic mass is 10.1. The number of amides is 2. The van der Waals surface area contributed by atoms with Gasteiger partial charge < -0.3 is 10.1 Å². The first-order chi connectivity index (χ1) is 15.3. The SMILES string of the molecule is CC(C)(C)OC(=O)Nc1cccc(C(=O)NCc2nn(-c3ccccc3)c3c2CCC3)c1. The van der Waals surface area contributed by atoms with Gasteiger partial charge in [-0.1, -0.05) is 24.3 Å². The number of rotatable bonds is 5. The molecule has 2 aromatic carbocycles. The molecule has 2 amide bonds. The summed E-state index contributed by atoms with van der Waals surface area (Å²) in [5.74, 6) is -0.223. The highest BCUT2D eigenvalue weighted by atomic mass is 16.6. The molecule has 0 unspecified atom stereocenters. The molecule has 0 bridgehead atoms. The Labute approximate surface area is 187 Å². The molecule has 0 spiro atoms. The molecular formula is C25H28N4O3.